The summed E-state index contributed by atoms with van der Waals surface area (Å²) in [7, 11) is 1.56. The first-order valence-electron chi connectivity index (χ1n) is 5.71. The van der Waals surface area contributed by atoms with Gasteiger partial charge in [0.15, 0.2) is 10.4 Å². The standard InChI is InChI=1S/C13H9Cl2N3OS/c1-19-11-5-4-9-12(17-11)18(13(20)16-9)10-6-7(14)2-3-8(10)15/h2-6H,1H3,(H,16,20). The summed E-state index contributed by atoms with van der Waals surface area (Å²) in [4.78, 5) is 7.48. The zero-order valence-electron chi connectivity index (χ0n) is 10.4. The summed E-state index contributed by atoms with van der Waals surface area (Å²) in [5.41, 5.74) is 2.11. The van der Waals surface area contributed by atoms with E-state index in [2.05, 4.69) is 9.97 Å². The van der Waals surface area contributed by atoms with Gasteiger partial charge in [0.05, 0.1) is 23.3 Å². The van der Waals surface area contributed by atoms with Crippen molar-refractivity contribution in [1.82, 2.24) is 14.5 Å². The number of hydrogen-bond donors (Lipinski definition) is 1. The molecular weight excluding hydrogens is 317 g/mol. The summed E-state index contributed by atoms with van der Waals surface area (Å²) >= 11 is 17.6. The number of benzene rings is 1. The molecule has 2 aromatic heterocycles. The Morgan fingerprint density at radius 1 is 1.25 bits per heavy atom. The third-order valence-corrected chi connectivity index (χ3v) is 3.70. The summed E-state index contributed by atoms with van der Waals surface area (Å²) in [5, 5.41) is 1.11. The van der Waals surface area contributed by atoms with E-state index in [4.69, 9.17) is 40.2 Å². The van der Waals surface area contributed by atoms with Crippen LogP contribution in [-0.2, 0) is 0 Å². The maximum Gasteiger partial charge on any atom is 0.215 e. The number of nitrogens with zero attached hydrogens (tertiary/aromatic N) is 2. The summed E-state index contributed by atoms with van der Waals surface area (Å²) < 4.78 is 7.37. The van der Waals surface area contributed by atoms with Gasteiger partial charge in [-0.2, -0.15) is 4.98 Å². The van der Waals surface area contributed by atoms with Crippen LogP contribution in [0.25, 0.3) is 16.9 Å². The van der Waals surface area contributed by atoms with E-state index in [9.17, 15) is 0 Å². The highest BCUT2D eigenvalue weighted by Crippen LogP contribution is 2.28. The van der Waals surface area contributed by atoms with Gasteiger partial charge in [-0.25, -0.2) is 0 Å². The third-order valence-electron chi connectivity index (χ3n) is 2.86. The van der Waals surface area contributed by atoms with Crippen LogP contribution < -0.4 is 4.74 Å². The van der Waals surface area contributed by atoms with Crippen molar-refractivity contribution in [2.24, 2.45) is 0 Å². The molecular formula is C13H9Cl2N3OS. The Balaban J connectivity index is 2.37. The van der Waals surface area contributed by atoms with Crippen molar-refractivity contribution in [3.05, 3.63) is 45.1 Å². The van der Waals surface area contributed by atoms with Crippen LogP contribution in [0.4, 0.5) is 0 Å². The van der Waals surface area contributed by atoms with Crippen LogP contribution in [0.15, 0.2) is 30.3 Å². The van der Waals surface area contributed by atoms with E-state index in [0.29, 0.717) is 32.0 Å². The molecule has 0 aliphatic heterocycles. The molecule has 0 spiro atoms. The summed E-state index contributed by atoms with van der Waals surface area (Å²) in [6.45, 7) is 0. The molecule has 1 N–H and O–H groups in total. The fourth-order valence-corrected chi connectivity index (χ4v) is 2.62. The molecule has 0 fully saturated rings. The normalized spacial score (nSPS) is 10.9. The summed E-state index contributed by atoms with van der Waals surface area (Å²) in [5.74, 6) is 0.499. The molecule has 1 aromatic carbocycles. The van der Waals surface area contributed by atoms with Gasteiger partial charge in [0.2, 0.25) is 5.88 Å². The third kappa shape index (κ3) is 2.18. The molecule has 0 aliphatic rings. The van der Waals surface area contributed by atoms with Crippen LogP contribution in [0.3, 0.4) is 0 Å². The lowest BCUT2D eigenvalue weighted by molar-refractivity contribution is 0.399. The molecule has 0 atom stereocenters. The predicted molar refractivity (Wildman–Crippen MR) is 82.8 cm³/mol. The lowest BCUT2D eigenvalue weighted by atomic mass is 10.3. The van der Waals surface area contributed by atoms with E-state index in [1.54, 1.807) is 35.9 Å². The number of H-pyrrole nitrogens is 1. The zero-order valence-corrected chi connectivity index (χ0v) is 12.7. The largest absolute Gasteiger partial charge is 0.481 e. The number of fused-ring (bicyclic) bond motifs is 1. The lowest BCUT2D eigenvalue weighted by Gasteiger charge is -2.07. The molecule has 0 saturated heterocycles. The highest BCUT2D eigenvalue weighted by Gasteiger charge is 2.12. The van der Waals surface area contributed by atoms with Gasteiger partial charge in [0.1, 0.15) is 0 Å². The molecule has 0 aliphatic carbocycles. The number of ether oxygens (including phenoxy) is 1. The molecule has 102 valence electrons. The van der Waals surface area contributed by atoms with E-state index in [1.165, 1.54) is 0 Å². The smallest absolute Gasteiger partial charge is 0.215 e. The highest BCUT2D eigenvalue weighted by atomic mass is 35.5. The predicted octanol–water partition coefficient (Wildman–Crippen LogP) is 4.40. The van der Waals surface area contributed by atoms with Crippen molar-refractivity contribution in [1.29, 1.82) is 0 Å². The SMILES string of the molecule is COc1ccc2[nH]c(=S)n(-c3cc(Cl)ccc3Cl)c2n1. The minimum Gasteiger partial charge on any atom is -0.481 e. The Morgan fingerprint density at radius 2 is 2.05 bits per heavy atom. The molecule has 0 saturated carbocycles. The molecule has 2 heterocycles. The van der Waals surface area contributed by atoms with E-state index < -0.39 is 0 Å². The Labute approximate surface area is 129 Å². The van der Waals surface area contributed by atoms with Crippen LogP contribution in [-0.4, -0.2) is 21.6 Å². The lowest BCUT2D eigenvalue weighted by Crippen LogP contribution is -1.97. The maximum atomic E-state index is 6.23. The van der Waals surface area contributed by atoms with Gasteiger partial charge < -0.3 is 9.72 Å². The van der Waals surface area contributed by atoms with Gasteiger partial charge in [-0.1, -0.05) is 23.2 Å². The van der Waals surface area contributed by atoms with E-state index in [0.717, 1.165) is 5.52 Å². The second kappa shape index (κ2) is 5.09. The molecule has 0 bridgehead atoms. The van der Waals surface area contributed by atoms with Crippen molar-refractivity contribution in [2.75, 3.05) is 7.11 Å². The fraction of sp³-hybridized carbons (Fsp3) is 0.0769. The topological polar surface area (TPSA) is 42.8 Å². The number of methoxy groups -OCH3 is 1. The molecule has 3 aromatic rings. The van der Waals surface area contributed by atoms with Crippen LogP contribution in [0.2, 0.25) is 10.0 Å². The van der Waals surface area contributed by atoms with Crippen LogP contribution in [0.5, 0.6) is 5.88 Å². The number of hydrogen-bond acceptors (Lipinski definition) is 3. The average Bonchev–Trinajstić information content (AvgIpc) is 2.76. The minimum absolute atomic E-state index is 0.491. The molecule has 3 rings (SSSR count). The van der Waals surface area contributed by atoms with Crippen molar-refractivity contribution in [3.63, 3.8) is 0 Å². The van der Waals surface area contributed by atoms with Crippen LogP contribution >= 0.6 is 35.4 Å². The van der Waals surface area contributed by atoms with Crippen molar-refractivity contribution in [3.8, 4) is 11.6 Å². The quantitative estimate of drug-likeness (QED) is 0.710. The van der Waals surface area contributed by atoms with Crippen LogP contribution in [0, 0.1) is 4.77 Å². The van der Waals surface area contributed by atoms with Gasteiger partial charge in [0, 0.05) is 11.1 Å². The Kier molecular flexibility index (Phi) is 3.41. The van der Waals surface area contributed by atoms with Gasteiger partial charge in [-0.3, -0.25) is 4.57 Å². The second-order valence-corrected chi connectivity index (χ2v) is 5.32. The number of aromatic nitrogens is 3. The number of aromatic amines is 1. The van der Waals surface area contributed by atoms with Gasteiger partial charge >= 0.3 is 0 Å². The number of halogens is 2. The fourth-order valence-electron chi connectivity index (χ4n) is 1.96. The molecule has 0 radical (unpaired) electrons. The summed E-state index contributed by atoms with van der Waals surface area (Å²) in [6.07, 6.45) is 0. The zero-order chi connectivity index (χ0) is 14.3. The van der Waals surface area contributed by atoms with E-state index >= 15 is 0 Å². The first-order valence-corrected chi connectivity index (χ1v) is 6.88. The number of nitrogens with one attached hydrogen (secondary N) is 1. The van der Waals surface area contributed by atoms with Gasteiger partial charge in [-0.05, 0) is 36.5 Å². The molecule has 7 heteroatoms. The Bertz CT molecular complexity index is 856. The highest BCUT2D eigenvalue weighted by molar-refractivity contribution is 7.71. The average molecular weight is 326 g/mol. The van der Waals surface area contributed by atoms with Crippen LogP contribution in [0.1, 0.15) is 0 Å². The monoisotopic (exact) mass is 325 g/mol. The first kappa shape index (κ1) is 13.4. The molecule has 0 unspecified atom stereocenters. The number of rotatable bonds is 2. The Morgan fingerprint density at radius 3 is 2.80 bits per heavy atom. The number of pyridine rings is 1. The van der Waals surface area contributed by atoms with E-state index in [-0.39, 0.29) is 0 Å². The molecule has 0 amide bonds. The number of imidazole rings is 1. The summed E-state index contributed by atoms with van der Waals surface area (Å²) in [6, 6.07) is 8.80. The maximum absolute atomic E-state index is 6.23. The van der Waals surface area contributed by atoms with E-state index in [1.807, 2.05) is 6.07 Å². The molecule has 4 nitrogen and oxygen atoms in total. The first-order chi connectivity index (χ1) is 9.60. The van der Waals surface area contributed by atoms with Crippen molar-refractivity contribution >= 4 is 46.6 Å². The minimum atomic E-state index is 0.491. The second-order valence-electron chi connectivity index (χ2n) is 4.09. The Hall–Kier alpha value is -1.56. The molecule has 20 heavy (non-hydrogen) atoms. The van der Waals surface area contributed by atoms with Gasteiger partial charge in [-0.15, -0.1) is 0 Å². The van der Waals surface area contributed by atoms with Gasteiger partial charge in [0.25, 0.3) is 0 Å². The van der Waals surface area contributed by atoms with Crippen molar-refractivity contribution < 1.29 is 4.74 Å². The van der Waals surface area contributed by atoms with Crippen molar-refractivity contribution in [2.45, 2.75) is 0 Å².